The normalized spacial score (nSPS) is 14.6. The summed E-state index contributed by atoms with van der Waals surface area (Å²) in [6, 6.07) is 11.6. The van der Waals surface area contributed by atoms with Crippen molar-refractivity contribution in [3.63, 3.8) is 0 Å². The fraction of sp³-hybridized carbons (Fsp3) is 0.211. The van der Waals surface area contributed by atoms with Crippen molar-refractivity contribution in [2.24, 2.45) is 0 Å². The molecule has 1 aliphatic heterocycles. The number of anilines is 1. The Morgan fingerprint density at radius 2 is 1.70 bits per heavy atom. The third-order valence-corrected chi connectivity index (χ3v) is 4.95. The molecule has 1 heterocycles. The molecule has 0 atom stereocenters. The van der Waals surface area contributed by atoms with Gasteiger partial charge in [-0.1, -0.05) is 29.3 Å². The number of nitro benzene ring substituents is 1. The number of carbonyl (C=O) groups is 1. The Labute approximate surface area is 166 Å². The minimum atomic E-state index is -0.417. The third kappa shape index (κ3) is 4.78. The van der Waals surface area contributed by atoms with Crippen LogP contribution in [-0.4, -0.2) is 41.9 Å². The first-order valence-corrected chi connectivity index (χ1v) is 9.11. The van der Waals surface area contributed by atoms with E-state index in [0.717, 1.165) is 11.3 Å². The first kappa shape index (κ1) is 19.2. The quantitative estimate of drug-likeness (QED) is 0.432. The van der Waals surface area contributed by atoms with E-state index in [-0.39, 0.29) is 11.6 Å². The van der Waals surface area contributed by atoms with Crippen molar-refractivity contribution >= 4 is 46.6 Å². The average Bonchev–Trinajstić information content (AvgIpc) is 2.67. The van der Waals surface area contributed by atoms with Gasteiger partial charge in [-0.25, -0.2) is 0 Å². The molecule has 1 fully saturated rings. The summed E-state index contributed by atoms with van der Waals surface area (Å²) < 4.78 is 0. The molecule has 0 spiro atoms. The van der Waals surface area contributed by atoms with Crippen LogP contribution in [0.15, 0.2) is 48.5 Å². The van der Waals surface area contributed by atoms with Crippen LogP contribution in [0.4, 0.5) is 11.4 Å². The predicted octanol–water partition coefficient (Wildman–Crippen LogP) is 4.26. The van der Waals surface area contributed by atoms with Crippen LogP contribution < -0.4 is 4.90 Å². The van der Waals surface area contributed by atoms with Gasteiger partial charge in [0.05, 0.1) is 4.92 Å². The lowest BCUT2D eigenvalue weighted by Gasteiger charge is -2.35. The van der Waals surface area contributed by atoms with Crippen molar-refractivity contribution < 1.29 is 9.72 Å². The van der Waals surface area contributed by atoms with Crippen LogP contribution in [0.3, 0.4) is 0 Å². The summed E-state index contributed by atoms with van der Waals surface area (Å²) in [6.07, 6.45) is 3.19. The van der Waals surface area contributed by atoms with E-state index in [0.29, 0.717) is 36.2 Å². The zero-order valence-corrected chi connectivity index (χ0v) is 15.9. The summed E-state index contributed by atoms with van der Waals surface area (Å²) in [5.74, 6) is -0.0793. The number of halogens is 2. The molecule has 0 aromatic heterocycles. The largest absolute Gasteiger partial charge is 0.368 e. The molecular weight excluding hydrogens is 389 g/mol. The molecule has 0 aliphatic carbocycles. The van der Waals surface area contributed by atoms with Gasteiger partial charge in [-0.2, -0.15) is 0 Å². The molecule has 3 rings (SSSR count). The lowest BCUT2D eigenvalue weighted by atomic mass is 10.2. The second-order valence-electron chi connectivity index (χ2n) is 6.09. The number of hydrogen-bond acceptors (Lipinski definition) is 4. The van der Waals surface area contributed by atoms with Gasteiger partial charge in [0.2, 0.25) is 5.91 Å². The van der Waals surface area contributed by atoms with E-state index in [4.69, 9.17) is 23.2 Å². The molecule has 1 amide bonds. The van der Waals surface area contributed by atoms with E-state index < -0.39 is 4.92 Å². The van der Waals surface area contributed by atoms with Crippen LogP contribution in [0.5, 0.6) is 0 Å². The topological polar surface area (TPSA) is 66.7 Å². The highest BCUT2D eigenvalue weighted by Gasteiger charge is 2.20. The van der Waals surface area contributed by atoms with Crippen LogP contribution in [0.25, 0.3) is 6.08 Å². The Morgan fingerprint density at radius 3 is 2.30 bits per heavy atom. The molecule has 0 unspecified atom stereocenters. The summed E-state index contributed by atoms with van der Waals surface area (Å²) in [4.78, 5) is 26.6. The SMILES string of the molecule is O=C(/C=C/c1ccc(Cl)cc1Cl)N1CCN(c2ccc([N+](=O)[O-])cc2)CC1. The second-order valence-corrected chi connectivity index (χ2v) is 6.93. The zero-order valence-electron chi connectivity index (χ0n) is 14.3. The molecular formula is C19H17Cl2N3O3. The number of carbonyl (C=O) groups excluding carboxylic acids is 1. The van der Waals surface area contributed by atoms with E-state index in [1.807, 2.05) is 0 Å². The third-order valence-electron chi connectivity index (χ3n) is 4.38. The monoisotopic (exact) mass is 405 g/mol. The van der Waals surface area contributed by atoms with Crippen molar-refractivity contribution in [2.75, 3.05) is 31.1 Å². The number of rotatable bonds is 4. The number of piperazine rings is 1. The standard InChI is InChI=1S/C19H17Cl2N3O3/c20-15-3-1-14(18(21)13-15)2-8-19(25)23-11-9-22(10-12-23)16-4-6-17(7-5-16)24(26)27/h1-8,13H,9-12H2/b8-2+. The number of benzene rings is 2. The highest BCUT2D eigenvalue weighted by molar-refractivity contribution is 6.35. The van der Waals surface area contributed by atoms with Gasteiger partial charge in [0.15, 0.2) is 0 Å². The zero-order chi connectivity index (χ0) is 19.4. The van der Waals surface area contributed by atoms with Crippen LogP contribution in [0.2, 0.25) is 10.0 Å². The number of nitrogens with zero attached hydrogens (tertiary/aromatic N) is 3. The van der Waals surface area contributed by atoms with Gasteiger partial charge in [0, 0.05) is 60.1 Å². The van der Waals surface area contributed by atoms with Gasteiger partial charge < -0.3 is 9.80 Å². The average molecular weight is 406 g/mol. The van der Waals surface area contributed by atoms with E-state index in [1.54, 1.807) is 41.3 Å². The molecule has 140 valence electrons. The number of non-ortho nitro benzene ring substituents is 1. The number of amides is 1. The Kier molecular flexibility index (Phi) is 5.98. The molecule has 0 saturated carbocycles. The molecule has 27 heavy (non-hydrogen) atoms. The first-order valence-electron chi connectivity index (χ1n) is 8.35. The summed E-state index contributed by atoms with van der Waals surface area (Å²) in [6.45, 7) is 2.49. The molecule has 0 N–H and O–H groups in total. The highest BCUT2D eigenvalue weighted by Crippen LogP contribution is 2.23. The van der Waals surface area contributed by atoms with Crippen molar-refractivity contribution in [3.05, 3.63) is 74.3 Å². The van der Waals surface area contributed by atoms with Crippen LogP contribution in [0.1, 0.15) is 5.56 Å². The van der Waals surface area contributed by atoms with E-state index in [1.165, 1.54) is 18.2 Å². The minimum absolute atomic E-state index is 0.0681. The lowest BCUT2D eigenvalue weighted by Crippen LogP contribution is -2.48. The molecule has 2 aromatic carbocycles. The van der Waals surface area contributed by atoms with Crippen molar-refractivity contribution in [2.45, 2.75) is 0 Å². The maximum atomic E-state index is 12.4. The fourth-order valence-electron chi connectivity index (χ4n) is 2.87. The Morgan fingerprint density at radius 1 is 1.04 bits per heavy atom. The van der Waals surface area contributed by atoms with E-state index >= 15 is 0 Å². The molecule has 8 heteroatoms. The van der Waals surface area contributed by atoms with Crippen molar-refractivity contribution in [3.8, 4) is 0 Å². The van der Waals surface area contributed by atoms with E-state index in [2.05, 4.69) is 4.90 Å². The van der Waals surface area contributed by atoms with Gasteiger partial charge in [-0.15, -0.1) is 0 Å². The molecule has 6 nitrogen and oxygen atoms in total. The Hall–Kier alpha value is -2.57. The molecule has 0 radical (unpaired) electrons. The van der Waals surface area contributed by atoms with Gasteiger partial charge >= 0.3 is 0 Å². The van der Waals surface area contributed by atoms with Crippen molar-refractivity contribution in [1.29, 1.82) is 0 Å². The highest BCUT2D eigenvalue weighted by atomic mass is 35.5. The smallest absolute Gasteiger partial charge is 0.269 e. The second kappa shape index (κ2) is 8.41. The van der Waals surface area contributed by atoms with Gasteiger partial charge in [-0.05, 0) is 35.9 Å². The number of nitro groups is 1. The fourth-order valence-corrected chi connectivity index (χ4v) is 3.34. The summed E-state index contributed by atoms with van der Waals surface area (Å²) in [7, 11) is 0. The number of hydrogen-bond donors (Lipinski definition) is 0. The predicted molar refractivity (Wildman–Crippen MR) is 107 cm³/mol. The molecule has 1 aliphatic rings. The summed E-state index contributed by atoms with van der Waals surface area (Å²) in [5.41, 5.74) is 1.72. The maximum Gasteiger partial charge on any atom is 0.269 e. The van der Waals surface area contributed by atoms with Crippen LogP contribution in [-0.2, 0) is 4.79 Å². The molecule has 0 bridgehead atoms. The van der Waals surface area contributed by atoms with E-state index in [9.17, 15) is 14.9 Å². The van der Waals surface area contributed by atoms with Gasteiger partial charge in [0.1, 0.15) is 0 Å². The Bertz CT molecular complexity index is 876. The summed E-state index contributed by atoms with van der Waals surface area (Å²) >= 11 is 12.0. The molecule has 2 aromatic rings. The van der Waals surface area contributed by atoms with Crippen molar-refractivity contribution in [1.82, 2.24) is 4.90 Å². The van der Waals surface area contributed by atoms with Gasteiger partial charge in [-0.3, -0.25) is 14.9 Å². The van der Waals surface area contributed by atoms with Gasteiger partial charge in [0.25, 0.3) is 5.69 Å². The molecule has 1 saturated heterocycles. The first-order chi connectivity index (χ1) is 12.9. The lowest BCUT2D eigenvalue weighted by molar-refractivity contribution is -0.384. The van der Waals surface area contributed by atoms with Crippen LogP contribution >= 0.6 is 23.2 Å². The van der Waals surface area contributed by atoms with Crippen LogP contribution in [0, 0.1) is 10.1 Å². The summed E-state index contributed by atoms with van der Waals surface area (Å²) in [5, 5.41) is 11.8. The Balaban J connectivity index is 1.57. The maximum absolute atomic E-state index is 12.4. The minimum Gasteiger partial charge on any atom is -0.368 e.